The Morgan fingerprint density at radius 2 is 1.94 bits per heavy atom. The highest BCUT2D eigenvalue weighted by Crippen LogP contribution is 2.15. The van der Waals surface area contributed by atoms with Gasteiger partial charge in [-0.05, 0) is 0 Å². The van der Waals surface area contributed by atoms with E-state index in [1.54, 1.807) is 6.92 Å². The van der Waals surface area contributed by atoms with Gasteiger partial charge in [0.1, 0.15) is 0 Å². The average molecular weight is 256 g/mol. The topological polar surface area (TPSA) is 58.6 Å². The monoisotopic (exact) mass is 256 g/mol. The minimum absolute atomic E-state index is 0.0175. The second-order valence-corrected chi connectivity index (χ2v) is 3.57. The molecule has 0 rings (SSSR count). The molecule has 0 radical (unpaired) electrons. The first kappa shape index (κ1) is 15.5. The molecule has 0 fully saturated rings. The summed E-state index contributed by atoms with van der Waals surface area (Å²) in [5, 5.41) is 2.37. The number of carbonyl (C=O) groups excluding carboxylic acids is 2. The van der Waals surface area contributed by atoms with Crippen molar-refractivity contribution in [3.8, 4) is 0 Å². The standard InChI is InChI=1S/C9H15F3N2O3/c1-6(7(15)13-2)4-14(3)8(16)17-5-9(10,11)12/h6H,4-5H2,1-3H3,(H,13,15). The summed E-state index contributed by atoms with van der Waals surface area (Å²) in [7, 11) is 2.69. The molecule has 0 spiro atoms. The maximum Gasteiger partial charge on any atom is 0.422 e. The van der Waals surface area contributed by atoms with Crippen LogP contribution in [0, 0.1) is 5.92 Å². The van der Waals surface area contributed by atoms with Crippen LogP contribution >= 0.6 is 0 Å². The lowest BCUT2D eigenvalue weighted by molar-refractivity contribution is -0.162. The summed E-state index contributed by atoms with van der Waals surface area (Å²) in [5.74, 6) is -0.830. The van der Waals surface area contributed by atoms with E-state index in [0.717, 1.165) is 4.90 Å². The summed E-state index contributed by atoms with van der Waals surface area (Å²) in [4.78, 5) is 23.1. The summed E-state index contributed by atoms with van der Waals surface area (Å²) < 4.78 is 39.3. The number of hydrogen-bond donors (Lipinski definition) is 1. The Bertz CT molecular complexity index is 281. The van der Waals surface area contributed by atoms with Gasteiger partial charge in [-0.15, -0.1) is 0 Å². The fraction of sp³-hybridized carbons (Fsp3) is 0.778. The zero-order chi connectivity index (χ0) is 13.6. The minimum atomic E-state index is -4.55. The van der Waals surface area contributed by atoms with E-state index < -0.39 is 24.8 Å². The summed E-state index contributed by atoms with van der Waals surface area (Å²) in [6.07, 6.45) is -5.67. The lowest BCUT2D eigenvalue weighted by Crippen LogP contribution is -2.38. The van der Waals surface area contributed by atoms with Crippen molar-refractivity contribution < 1.29 is 27.5 Å². The molecule has 0 aliphatic carbocycles. The maximum absolute atomic E-state index is 11.8. The van der Waals surface area contributed by atoms with Crippen molar-refractivity contribution in [2.75, 3.05) is 27.2 Å². The first-order valence-electron chi connectivity index (χ1n) is 4.83. The van der Waals surface area contributed by atoms with Crippen molar-refractivity contribution >= 4 is 12.0 Å². The number of rotatable bonds is 4. The fourth-order valence-electron chi connectivity index (χ4n) is 1.07. The van der Waals surface area contributed by atoms with Crippen molar-refractivity contribution in [3.63, 3.8) is 0 Å². The van der Waals surface area contributed by atoms with E-state index in [9.17, 15) is 22.8 Å². The molecule has 0 saturated heterocycles. The highest BCUT2D eigenvalue weighted by molar-refractivity contribution is 5.78. The number of alkyl halides is 3. The molecule has 0 bridgehead atoms. The SMILES string of the molecule is CNC(=O)C(C)CN(C)C(=O)OCC(F)(F)F. The van der Waals surface area contributed by atoms with Gasteiger partial charge in [0.05, 0.1) is 5.92 Å². The van der Waals surface area contributed by atoms with E-state index in [1.165, 1.54) is 14.1 Å². The summed E-state index contributed by atoms with van der Waals surface area (Å²) in [6, 6.07) is 0. The van der Waals surface area contributed by atoms with Crippen LogP contribution in [-0.2, 0) is 9.53 Å². The first-order chi connectivity index (χ1) is 7.67. The molecule has 0 aromatic carbocycles. The Morgan fingerprint density at radius 1 is 1.41 bits per heavy atom. The molecule has 0 heterocycles. The minimum Gasteiger partial charge on any atom is -0.440 e. The zero-order valence-electron chi connectivity index (χ0n) is 9.80. The molecule has 0 aromatic rings. The predicted octanol–water partition coefficient (Wildman–Crippen LogP) is 0.999. The molecule has 1 N–H and O–H groups in total. The van der Waals surface area contributed by atoms with Gasteiger partial charge in [-0.25, -0.2) is 4.79 Å². The molecular weight excluding hydrogens is 241 g/mol. The van der Waals surface area contributed by atoms with E-state index >= 15 is 0 Å². The third kappa shape index (κ3) is 6.64. The molecular formula is C9H15F3N2O3. The largest absolute Gasteiger partial charge is 0.440 e. The van der Waals surface area contributed by atoms with E-state index in [4.69, 9.17) is 0 Å². The molecule has 0 aliphatic rings. The van der Waals surface area contributed by atoms with Crippen LogP contribution in [0.5, 0.6) is 0 Å². The van der Waals surface area contributed by atoms with Crippen molar-refractivity contribution in [2.45, 2.75) is 13.1 Å². The Labute approximate surface area is 96.9 Å². The van der Waals surface area contributed by atoms with Crippen LogP contribution in [0.2, 0.25) is 0 Å². The van der Waals surface area contributed by atoms with Crippen LogP contribution in [-0.4, -0.2) is 50.3 Å². The number of hydrogen-bond acceptors (Lipinski definition) is 3. The van der Waals surface area contributed by atoms with Gasteiger partial charge in [0.15, 0.2) is 6.61 Å². The Morgan fingerprint density at radius 3 is 2.35 bits per heavy atom. The number of amides is 2. The Balaban J connectivity index is 4.10. The molecule has 8 heteroatoms. The zero-order valence-corrected chi connectivity index (χ0v) is 9.80. The van der Waals surface area contributed by atoms with Gasteiger partial charge >= 0.3 is 12.3 Å². The van der Waals surface area contributed by atoms with Crippen LogP contribution in [0.1, 0.15) is 6.92 Å². The summed E-state index contributed by atoms with van der Waals surface area (Å²) in [6.45, 7) is -0.104. The smallest absolute Gasteiger partial charge is 0.422 e. The van der Waals surface area contributed by atoms with E-state index in [2.05, 4.69) is 10.1 Å². The van der Waals surface area contributed by atoms with Crippen LogP contribution in [0.15, 0.2) is 0 Å². The number of nitrogens with zero attached hydrogens (tertiary/aromatic N) is 1. The average Bonchev–Trinajstić information content (AvgIpc) is 2.23. The van der Waals surface area contributed by atoms with Crippen LogP contribution in [0.4, 0.5) is 18.0 Å². The normalized spacial score (nSPS) is 12.8. The number of nitrogens with one attached hydrogen (secondary N) is 1. The molecule has 1 unspecified atom stereocenters. The molecule has 5 nitrogen and oxygen atoms in total. The van der Waals surface area contributed by atoms with E-state index in [0.29, 0.717) is 0 Å². The van der Waals surface area contributed by atoms with Crippen LogP contribution < -0.4 is 5.32 Å². The fourth-order valence-corrected chi connectivity index (χ4v) is 1.07. The number of ether oxygens (including phenoxy) is 1. The lowest BCUT2D eigenvalue weighted by Gasteiger charge is -2.20. The molecule has 0 saturated carbocycles. The molecule has 1 atom stereocenters. The van der Waals surface area contributed by atoms with Gasteiger partial charge in [0.2, 0.25) is 5.91 Å². The lowest BCUT2D eigenvalue weighted by atomic mass is 10.1. The Kier molecular flexibility index (Phi) is 5.77. The first-order valence-corrected chi connectivity index (χ1v) is 4.83. The predicted molar refractivity (Wildman–Crippen MR) is 53.3 cm³/mol. The van der Waals surface area contributed by atoms with Gasteiger partial charge in [-0.2, -0.15) is 13.2 Å². The van der Waals surface area contributed by atoms with Crippen molar-refractivity contribution in [1.29, 1.82) is 0 Å². The van der Waals surface area contributed by atoms with Gasteiger partial charge in [-0.1, -0.05) is 6.92 Å². The van der Waals surface area contributed by atoms with Crippen LogP contribution in [0.3, 0.4) is 0 Å². The quantitative estimate of drug-likeness (QED) is 0.816. The third-order valence-electron chi connectivity index (χ3n) is 1.91. The third-order valence-corrected chi connectivity index (χ3v) is 1.91. The molecule has 100 valence electrons. The number of halogens is 3. The van der Waals surface area contributed by atoms with Gasteiger partial charge in [0.25, 0.3) is 0 Å². The Hall–Kier alpha value is -1.47. The molecule has 17 heavy (non-hydrogen) atoms. The summed E-state index contributed by atoms with van der Waals surface area (Å²) >= 11 is 0. The van der Waals surface area contributed by atoms with Gasteiger partial charge in [0, 0.05) is 20.6 Å². The van der Waals surface area contributed by atoms with Gasteiger partial charge in [-0.3, -0.25) is 4.79 Å². The second kappa shape index (κ2) is 6.31. The summed E-state index contributed by atoms with van der Waals surface area (Å²) in [5.41, 5.74) is 0. The molecule has 0 aromatic heterocycles. The van der Waals surface area contributed by atoms with Crippen LogP contribution in [0.25, 0.3) is 0 Å². The van der Waals surface area contributed by atoms with Crippen molar-refractivity contribution in [1.82, 2.24) is 10.2 Å². The maximum atomic E-state index is 11.8. The van der Waals surface area contributed by atoms with E-state index in [-0.39, 0.29) is 12.5 Å². The van der Waals surface area contributed by atoms with Crippen molar-refractivity contribution in [2.24, 2.45) is 5.92 Å². The molecule has 0 aliphatic heterocycles. The number of carbonyl (C=O) groups is 2. The highest BCUT2D eigenvalue weighted by Gasteiger charge is 2.30. The van der Waals surface area contributed by atoms with E-state index in [1.807, 2.05) is 0 Å². The van der Waals surface area contributed by atoms with Crippen molar-refractivity contribution in [3.05, 3.63) is 0 Å². The second-order valence-electron chi connectivity index (χ2n) is 3.57. The van der Waals surface area contributed by atoms with Gasteiger partial charge < -0.3 is 15.0 Å². The molecule has 2 amide bonds. The highest BCUT2D eigenvalue weighted by atomic mass is 19.4.